The number of carbonyl (C=O) groups is 2. The number of anilines is 2. The van der Waals surface area contributed by atoms with Crippen molar-refractivity contribution in [1.29, 1.82) is 0 Å². The molecule has 2 amide bonds. The van der Waals surface area contributed by atoms with E-state index in [1.807, 2.05) is 31.2 Å². The molecule has 0 bridgehead atoms. The first kappa shape index (κ1) is 12.0. The van der Waals surface area contributed by atoms with E-state index in [2.05, 4.69) is 16.0 Å². The van der Waals surface area contributed by atoms with Gasteiger partial charge in [-0.2, -0.15) is 0 Å². The van der Waals surface area contributed by atoms with Crippen molar-refractivity contribution in [2.24, 2.45) is 0 Å². The monoisotopic (exact) mass is 279 g/mol. The van der Waals surface area contributed by atoms with E-state index in [4.69, 9.17) is 0 Å². The molecule has 2 aromatic carbocycles. The molecule has 2 aliphatic heterocycles. The van der Waals surface area contributed by atoms with Gasteiger partial charge in [-0.05, 0) is 31.2 Å². The number of rotatable bonds is 0. The quantitative estimate of drug-likeness (QED) is 0.690. The fourth-order valence-corrected chi connectivity index (χ4v) is 2.92. The minimum absolute atomic E-state index is 0.256. The van der Waals surface area contributed by atoms with Crippen LogP contribution < -0.4 is 16.0 Å². The van der Waals surface area contributed by atoms with E-state index >= 15 is 0 Å². The van der Waals surface area contributed by atoms with E-state index in [0.717, 1.165) is 16.8 Å². The number of benzene rings is 2. The molecule has 5 nitrogen and oxygen atoms in total. The number of hydrogen-bond donors (Lipinski definition) is 3. The molecule has 1 atom stereocenters. The van der Waals surface area contributed by atoms with Gasteiger partial charge in [0, 0.05) is 16.9 Å². The third kappa shape index (κ3) is 1.51. The zero-order chi connectivity index (χ0) is 14.6. The number of hydrogen-bond acceptors (Lipinski definition) is 3. The van der Waals surface area contributed by atoms with E-state index in [1.54, 1.807) is 18.2 Å². The molecular formula is C16H13N3O2. The van der Waals surface area contributed by atoms with Crippen molar-refractivity contribution in [3.8, 4) is 0 Å². The Morgan fingerprint density at radius 3 is 2.62 bits per heavy atom. The minimum atomic E-state index is -1.23. The highest BCUT2D eigenvalue weighted by Crippen LogP contribution is 2.40. The number of carbonyl (C=O) groups excluding carboxylic acids is 2. The third-order valence-corrected chi connectivity index (χ3v) is 3.96. The molecule has 0 radical (unpaired) electrons. The Labute approximate surface area is 121 Å². The summed E-state index contributed by atoms with van der Waals surface area (Å²) in [4.78, 5) is 24.8. The van der Waals surface area contributed by atoms with Gasteiger partial charge in [0.25, 0.3) is 11.8 Å². The third-order valence-electron chi connectivity index (χ3n) is 3.96. The number of amides is 2. The average Bonchev–Trinajstić information content (AvgIpc) is 2.72. The maximum atomic E-state index is 12.5. The van der Waals surface area contributed by atoms with Crippen molar-refractivity contribution in [3.63, 3.8) is 0 Å². The Hall–Kier alpha value is -2.82. The normalized spacial score (nSPS) is 22.1. The summed E-state index contributed by atoms with van der Waals surface area (Å²) in [6.45, 7) is 1.95. The predicted octanol–water partition coefficient (Wildman–Crippen LogP) is 1.96. The van der Waals surface area contributed by atoms with Gasteiger partial charge in [0.05, 0.1) is 5.56 Å². The Kier molecular flexibility index (Phi) is 2.19. The van der Waals surface area contributed by atoms with Crippen LogP contribution in [0.3, 0.4) is 0 Å². The Morgan fingerprint density at radius 1 is 0.952 bits per heavy atom. The predicted molar refractivity (Wildman–Crippen MR) is 79.0 cm³/mol. The zero-order valence-corrected chi connectivity index (χ0v) is 11.4. The van der Waals surface area contributed by atoms with Gasteiger partial charge in [0.1, 0.15) is 0 Å². The molecule has 0 aliphatic carbocycles. The summed E-state index contributed by atoms with van der Waals surface area (Å²) in [7, 11) is 0. The summed E-state index contributed by atoms with van der Waals surface area (Å²) in [6.07, 6.45) is 0. The van der Waals surface area contributed by atoms with Crippen LogP contribution in [0.5, 0.6) is 0 Å². The first-order valence-electron chi connectivity index (χ1n) is 6.72. The molecule has 0 saturated carbocycles. The van der Waals surface area contributed by atoms with Gasteiger partial charge >= 0.3 is 0 Å². The lowest BCUT2D eigenvalue weighted by Gasteiger charge is -2.35. The van der Waals surface area contributed by atoms with Crippen LogP contribution in [0.1, 0.15) is 21.5 Å². The van der Waals surface area contributed by atoms with Crippen molar-refractivity contribution in [2.45, 2.75) is 12.6 Å². The Morgan fingerprint density at radius 2 is 1.76 bits per heavy atom. The molecule has 4 rings (SSSR count). The highest BCUT2D eigenvalue weighted by molar-refractivity contribution is 6.14. The van der Waals surface area contributed by atoms with Crippen LogP contribution in [0.4, 0.5) is 11.4 Å². The lowest BCUT2D eigenvalue weighted by atomic mass is 9.94. The first-order valence-corrected chi connectivity index (χ1v) is 6.72. The fraction of sp³-hybridized carbons (Fsp3) is 0.125. The molecule has 2 heterocycles. The highest BCUT2D eigenvalue weighted by atomic mass is 16.2. The summed E-state index contributed by atoms with van der Waals surface area (Å²) in [5.41, 5.74) is 2.46. The Bertz CT molecular complexity index is 800. The van der Waals surface area contributed by atoms with E-state index in [-0.39, 0.29) is 11.8 Å². The summed E-state index contributed by atoms with van der Waals surface area (Å²) in [5, 5.41) is 8.83. The second-order valence-electron chi connectivity index (χ2n) is 5.38. The lowest BCUT2D eigenvalue weighted by molar-refractivity contribution is -0.120. The van der Waals surface area contributed by atoms with Crippen LogP contribution in [0.25, 0.3) is 0 Å². The SMILES string of the molecule is Cc1ccc2c(c1)C1(NC(=O)c3ccccc3N1)C(=O)N2. The molecule has 21 heavy (non-hydrogen) atoms. The van der Waals surface area contributed by atoms with Crippen molar-refractivity contribution in [2.75, 3.05) is 10.6 Å². The number of para-hydroxylation sites is 1. The highest BCUT2D eigenvalue weighted by Gasteiger charge is 2.51. The van der Waals surface area contributed by atoms with Gasteiger partial charge in [0.15, 0.2) is 0 Å². The van der Waals surface area contributed by atoms with Gasteiger partial charge in [-0.15, -0.1) is 0 Å². The molecule has 0 aromatic heterocycles. The van der Waals surface area contributed by atoms with Gasteiger partial charge in [-0.3, -0.25) is 9.59 Å². The van der Waals surface area contributed by atoms with Gasteiger partial charge < -0.3 is 16.0 Å². The molecule has 2 aromatic rings. The lowest BCUT2D eigenvalue weighted by Crippen LogP contribution is -2.59. The molecular weight excluding hydrogens is 266 g/mol. The van der Waals surface area contributed by atoms with Crippen LogP contribution in [0.2, 0.25) is 0 Å². The molecule has 0 saturated heterocycles. The molecule has 1 unspecified atom stereocenters. The van der Waals surface area contributed by atoms with E-state index < -0.39 is 5.66 Å². The number of fused-ring (bicyclic) bond motifs is 3. The van der Waals surface area contributed by atoms with Crippen molar-refractivity contribution in [3.05, 3.63) is 59.2 Å². The topological polar surface area (TPSA) is 70.2 Å². The van der Waals surface area contributed by atoms with Crippen molar-refractivity contribution < 1.29 is 9.59 Å². The average molecular weight is 279 g/mol. The van der Waals surface area contributed by atoms with Crippen LogP contribution in [-0.2, 0) is 10.5 Å². The van der Waals surface area contributed by atoms with Crippen LogP contribution in [0.15, 0.2) is 42.5 Å². The number of aryl methyl sites for hydroxylation is 1. The maximum Gasteiger partial charge on any atom is 0.275 e. The molecule has 0 fully saturated rings. The van der Waals surface area contributed by atoms with E-state index in [0.29, 0.717) is 11.3 Å². The van der Waals surface area contributed by atoms with Gasteiger partial charge in [0.2, 0.25) is 5.66 Å². The van der Waals surface area contributed by atoms with Crippen LogP contribution in [-0.4, -0.2) is 11.8 Å². The maximum absolute atomic E-state index is 12.5. The summed E-state index contributed by atoms with van der Waals surface area (Å²) in [5.74, 6) is -0.528. The second-order valence-corrected chi connectivity index (χ2v) is 5.38. The van der Waals surface area contributed by atoms with Crippen LogP contribution >= 0.6 is 0 Å². The summed E-state index contributed by atoms with van der Waals surface area (Å²) in [6, 6.07) is 12.9. The van der Waals surface area contributed by atoms with Crippen molar-refractivity contribution in [1.82, 2.24) is 5.32 Å². The standard InChI is InChI=1S/C16H13N3O2/c1-9-6-7-13-11(8-9)16(15(21)17-13)18-12-5-3-2-4-10(12)14(20)19-16/h2-8,18H,1H3,(H,17,21)(H,19,20). The summed E-state index contributed by atoms with van der Waals surface area (Å²) >= 11 is 0. The molecule has 2 aliphatic rings. The molecule has 104 valence electrons. The Balaban J connectivity index is 1.93. The number of nitrogens with one attached hydrogen (secondary N) is 3. The minimum Gasteiger partial charge on any atom is -0.350 e. The second kappa shape index (κ2) is 3.85. The summed E-state index contributed by atoms with van der Waals surface area (Å²) < 4.78 is 0. The largest absolute Gasteiger partial charge is 0.350 e. The van der Waals surface area contributed by atoms with Crippen LogP contribution in [0, 0.1) is 6.92 Å². The zero-order valence-electron chi connectivity index (χ0n) is 11.4. The van der Waals surface area contributed by atoms with Gasteiger partial charge in [-0.1, -0.05) is 23.8 Å². The van der Waals surface area contributed by atoms with Gasteiger partial charge in [-0.25, -0.2) is 0 Å². The first-order chi connectivity index (χ1) is 10.1. The smallest absolute Gasteiger partial charge is 0.275 e. The van der Waals surface area contributed by atoms with Crippen molar-refractivity contribution >= 4 is 23.2 Å². The van der Waals surface area contributed by atoms with E-state index in [1.165, 1.54) is 0 Å². The fourth-order valence-electron chi connectivity index (χ4n) is 2.92. The molecule has 5 heteroatoms. The van der Waals surface area contributed by atoms with E-state index in [9.17, 15) is 9.59 Å². The molecule has 1 spiro atoms. The molecule has 3 N–H and O–H groups in total.